The molecule has 2 aromatic carbocycles. The van der Waals surface area contributed by atoms with Gasteiger partial charge in [-0.1, -0.05) is 30.0 Å². The van der Waals surface area contributed by atoms with Crippen LogP contribution in [0.3, 0.4) is 0 Å². The Bertz CT molecular complexity index is 555. The van der Waals surface area contributed by atoms with E-state index in [0.717, 1.165) is 17.8 Å². The lowest BCUT2D eigenvalue weighted by molar-refractivity contribution is 0.112. The van der Waals surface area contributed by atoms with E-state index in [2.05, 4.69) is 0 Å². The van der Waals surface area contributed by atoms with E-state index in [4.69, 9.17) is 0 Å². The molecule has 0 bridgehead atoms. The smallest absolute Gasteiger partial charge is 0.150 e. The van der Waals surface area contributed by atoms with Crippen molar-refractivity contribution in [3.05, 3.63) is 59.7 Å². The Morgan fingerprint density at radius 2 is 1.65 bits per heavy atom. The highest BCUT2D eigenvalue weighted by molar-refractivity contribution is 7.99. The third-order valence-electron chi connectivity index (χ3n) is 2.15. The average Bonchev–Trinajstić information content (AvgIpc) is 2.34. The third-order valence-corrected chi connectivity index (χ3v) is 3.25. The summed E-state index contributed by atoms with van der Waals surface area (Å²) in [5.41, 5.74) is 0.264. The number of carbonyl (C=O) groups excluding carboxylic acids is 1. The molecule has 1 nitrogen and oxygen atoms in total. The van der Waals surface area contributed by atoms with Crippen LogP contribution in [0.4, 0.5) is 8.78 Å². The molecule has 0 saturated carbocycles. The first-order valence-electron chi connectivity index (χ1n) is 4.88. The summed E-state index contributed by atoms with van der Waals surface area (Å²) in [6.07, 6.45) is 0.570. The fourth-order valence-electron chi connectivity index (χ4n) is 1.32. The number of rotatable bonds is 3. The second kappa shape index (κ2) is 5.10. The molecule has 86 valence electrons. The van der Waals surface area contributed by atoms with Gasteiger partial charge in [0.05, 0.1) is 0 Å². The van der Waals surface area contributed by atoms with E-state index in [1.165, 1.54) is 18.2 Å². The van der Waals surface area contributed by atoms with Crippen molar-refractivity contribution in [3.8, 4) is 0 Å². The second-order valence-corrected chi connectivity index (χ2v) is 4.42. The third kappa shape index (κ3) is 2.71. The van der Waals surface area contributed by atoms with Crippen molar-refractivity contribution in [2.24, 2.45) is 0 Å². The van der Waals surface area contributed by atoms with E-state index in [-0.39, 0.29) is 5.56 Å². The summed E-state index contributed by atoms with van der Waals surface area (Å²) in [6.45, 7) is 0. The lowest BCUT2D eigenvalue weighted by atomic mass is 10.2. The zero-order valence-electron chi connectivity index (χ0n) is 8.69. The molecule has 17 heavy (non-hydrogen) atoms. The van der Waals surface area contributed by atoms with Crippen LogP contribution >= 0.6 is 11.8 Å². The highest BCUT2D eigenvalue weighted by Gasteiger charge is 2.08. The Labute approximate surface area is 101 Å². The maximum Gasteiger partial charge on any atom is 0.150 e. The Morgan fingerprint density at radius 1 is 0.941 bits per heavy atom. The number of halogens is 2. The molecule has 0 saturated heterocycles. The summed E-state index contributed by atoms with van der Waals surface area (Å²) in [4.78, 5) is 11.1. The Kier molecular flexibility index (Phi) is 3.54. The van der Waals surface area contributed by atoms with Crippen LogP contribution in [0.15, 0.2) is 52.3 Å². The van der Waals surface area contributed by atoms with Crippen molar-refractivity contribution >= 4 is 18.0 Å². The summed E-state index contributed by atoms with van der Waals surface area (Å²) in [6, 6.07) is 10.3. The first kappa shape index (κ1) is 11.8. The lowest BCUT2D eigenvalue weighted by Crippen LogP contribution is -1.87. The molecule has 0 aromatic heterocycles. The number of benzene rings is 2. The molecule has 2 aromatic rings. The molecule has 0 aliphatic heterocycles. The van der Waals surface area contributed by atoms with Gasteiger partial charge in [-0.05, 0) is 24.3 Å². The van der Waals surface area contributed by atoms with E-state index in [9.17, 15) is 13.6 Å². The van der Waals surface area contributed by atoms with Gasteiger partial charge in [0.2, 0.25) is 0 Å². The zero-order valence-corrected chi connectivity index (χ0v) is 9.51. The van der Waals surface area contributed by atoms with Crippen LogP contribution in [0.2, 0.25) is 0 Å². The van der Waals surface area contributed by atoms with Crippen molar-refractivity contribution < 1.29 is 13.6 Å². The highest BCUT2D eigenvalue weighted by atomic mass is 32.2. The number of hydrogen-bond acceptors (Lipinski definition) is 2. The average molecular weight is 250 g/mol. The molecule has 4 heteroatoms. The Morgan fingerprint density at radius 3 is 2.29 bits per heavy atom. The topological polar surface area (TPSA) is 17.1 Å². The fraction of sp³-hybridized carbons (Fsp3) is 0. The molecule has 0 radical (unpaired) electrons. The van der Waals surface area contributed by atoms with Crippen molar-refractivity contribution in [2.75, 3.05) is 0 Å². The van der Waals surface area contributed by atoms with Gasteiger partial charge in [0.25, 0.3) is 0 Å². The Balaban J connectivity index is 2.31. The van der Waals surface area contributed by atoms with E-state index >= 15 is 0 Å². The minimum absolute atomic E-state index is 0.264. The van der Waals surface area contributed by atoms with Gasteiger partial charge in [-0.15, -0.1) is 0 Å². The molecule has 0 unspecified atom stereocenters. The maximum atomic E-state index is 13.6. The van der Waals surface area contributed by atoms with Gasteiger partial charge in [0.15, 0.2) is 0 Å². The molecule has 0 fully saturated rings. The molecule has 0 aliphatic carbocycles. The SMILES string of the molecule is O=Cc1ccc(Sc2ccccc2F)c(F)c1. The highest BCUT2D eigenvalue weighted by Crippen LogP contribution is 2.31. The van der Waals surface area contributed by atoms with Crippen LogP contribution in [0.25, 0.3) is 0 Å². The molecule has 0 atom stereocenters. The number of aldehydes is 1. The molecule has 0 amide bonds. The van der Waals surface area contributed by atoms with Gasteiger partial charge in [-0.2, -0.15) is 0 Å². The van der Waals surface area contributed by atoms with Gasteiger partial charge in [-0.3, -0.25) is 4.79 Å². The lowest BCUT2D eigenvalue weighted by Gasteiger charge is -2.04. The minimum atomic E-state index is -0.525. The quantitative estimate of drug-likeness (QED) is 0.768. The summed E-state index contributed by atoms with van der Waals surface area (Å²) < 4.78 is 26.9. The normalized spacial score (nSPS) is 10.2. The number of hydrogen-bond donors (Lipinski definition) is 0. The number of carbonyl (C=O) groups is 1. The van der Waals surface area contributed by atoms with Crippen LogP contribution in [0, 0.1) is 11.6 Å². The Hall–Kier alpha value is -1.68. The monoisotopic (exact) mass is 250 g/mol. The van der Waals surface area contributed by atoms with E-state index < -0.39 is 11.6 Å². The minimum Gasteiger partial charge on any atom is -0.298 e. The first-order chi connectivity index (χ1) is 8.20. The van der Waals surface area contributed by atoms with Gasteiger partial charge < -0.3 is 0 Å². The predicted molar refractivity (Wildman–Crippen MR) is 62.3 cm³/mol. The largest absolute Gasteiger partial charge is 0.298 e. The molecule has 2 rings (SSSR count). The molecule has 0 N–H and O–H groups in total. The zero-order chi connectivity index (χ0) is 12.3. The van der Waals surface area contributed by atoms with Crippen molar-refractivity contribution in [2.45, 2.75) is 9.79 Å². The predicted octanol–water partition coefficient (Wildman–Crippen LogP) is 3.93. The maximum absolute atomic E-state index is 13.6. The van der Waals surface area contributed by atoms with Crippen LogP contribution in [-0.4, -0.2) is 6.29 Å². The van der Waals surface area contributed by atoms with Crippen LogP contribution in [0.1, 0.15) is 10.4 Å². The van der Waals surface area contributed by atoms with Crippen LogP contribution < -0.4 is 0 Å². The van der Waals surface area contributed by atoms with Gasteiger partial charge in [0.1, 0.15) is 17.9 Å². The summed E-state index contributed by atoms with van der Waals surface area (Å²) in [7, 11) is 0. The van der Waals surface area contributed by atoms with Crippen molar-refractivity contribution in [1.29, 1.82) is 0 Å². The van der Waals surface area contributed by atoms with Gasteiger partial charge in [-0.25, -0.2) is 8.78 Å². The van der Waals surface area contributed by atoms with Crippen LogP contribution in [-0.2, 0) is 0 Å². The summed E-state index contributed by atoms with van der Waals surface area (Å²) >= 11 is 0.994. The van der Waals surface area contributed by atoms with E-state index in [1.807, 2.05) is 0 Å². The fourth-order valence-corrected chi connectivity index (χ4v) is 2.16. The first-order valence-corrected chi connectivity index (χ1v) is 5.69. The summed E-state index contributed by atoms with van der Waals surface area (Å²) in [5.74, 6) is -0.917. The molecule has 0 spiro atoms. The van der Waals surface area contributed by atoms with Crippen LogP contribution in [0.5, 0.6) is 0 Å². The molecule has 0 aliphatic rings. The molecular weight excluding hydrogens is 242 g/mol. The molecule has 0 heterocycles. The van der Waals surface area contributed by atoms with E-state index in [0.29, 0.717) is 16.1 Å². The van der Waals surface area contributed by atoms with Gasteiger partial charge in [0, 0.05) is 15.4 Å². The standard InChI is InChI=1S/C13H8F2OS/c14-10-3-1-2-4-12(10)17-13-6-5-9(8-16)7-11(13)15/h1-8H. The van der Waals surface area contributed by atoms with Crippen molar-refractivity contribution in [3.63, 3.8) is 0 Å². The second-order valence-electron chi connectivity index (χ2n) is 3.34. The molecular formula is C13H8F2OS. The van der Waals surface area contributed by atoms with Crippen molar-refractivity contribution in [1.82, 2.24) is 0 Å². The van der Waals surface area contributed by atoms with Gasteiger partial charge >= 0.3 is 0 Å². The summed E-state index contributed by atoms with van der Waals surface area (Å²) in [5, 5.41) is 0. The van der Waals surface area contributed by atoms with E-state index in [1.54, 1.807) is 18.2 Å².